The van der Waals surface area contributed by atoms with Crippen molar-refractivity contribution in [1.82, 2.24) is 19.9 Å². The third-order valence-corrected chi connectivity index (χ3v) is 7.01. The van der Waals surface area contributed by atoms with Gasteiger partial charge in [0, 0.05) is 56.4 Å². The van der Waals surface area contributed by atoms with E-state index in [1.807, 2.05) is 66.7 Å². The Morgan fingerprint density at radius 3 is 2.56 bits per heavy atom. The zero-order valence-electron chi connectivity index (χ0n) is 21.8. The molecule has 1 saturated heterocycles. The Kier molecular flexibility index (Phi) is 6.93. The lowest BCUT2D eigenvalue weighted by Gasteiger charge is -2.30. The molecule has 1 amide bonds. The van der Waals surface area contributed by atoms with Crippen LogP contribution in [0.4, 0.5) is 11.4 Å². The fourth-order valence-electron chi connectivity index (χ4n) is 4.77. The van der Waals surface area contributed by atoms with Gasteiger partial charge >= 0.3 is 0 Å². The van der Waals surface area contributed by atoms with Crippen molar-refractivity contribution in [2.45, 2.75) is 6.61 Å². The Morgan fingerprint density at radius 1 is 0.974 bits per heavy atom. The van der Waals surface area contributed by atoms with Crippen LogP contribution >= 0.6 is 0 Å². The fourth-order valence-corrected chi connectivity index (χ4v) is 4.77. The van der Waals surface area contributed by atoms with Crippen molar-refractivity contribution in [2.24, 2.45) is 0 Å². The van der Waals surface area contributed by atoms with Gasteiger partial charge in [-0.3, -0.25) is 4.79 Å². The monoisotopic (exact) mass is 518 g/mol. The molecule has 2 aromatic heterocycles. The normalized spacial score (nSPS) is 13.4. The molecule has 1 N–H and O–H groups in total. The number of carbonyl (C=O) groups excluding carboxylic acids is 1. The van der Waals surface area contributed by atoms with E-state index in [-0.39, 0.29) is 5.91 Å². The molecule has 0 radical (unpaired) electrons. The molecule has 6 rings (SSSR count). The molecule has 3 aromatic carbocycles. The summed E-state index contributed by atoms with van der Waals surface area (Å²) in [5.41, 5.74) is 5.85. The molecule has 1 aliphatic heterocycles. The third kappa shape index (κ3) is 5.32. The predicted molar refractivity (Wildman–Crippen MR) is 153 cm³/mol. The number of aromatic nitrogens is 3. The molecule has 5 aromatic rings. The van der Waals surface area contributed by atoms with Crippen LogP contribution in [0.5, 0.6) is 5.75 Å². The van der Waals surface area contributed by atoms with Crippen molar-refractivity contribution in [2.75, 3.05) is 43.0 Å². The van der Waals surface area contributed by atoms with E-state index in [0.717, 1.165) is 60.0 Å². The van der Waals surface area contributed by atoms with Gasteiger partial charge in [0.15, 0.2) is 5.65 Å². The van der Waals surface area contributed by atoms with Gasteiger partial charge in [-0.2, -0.15) is 5.10 Å². The highest BCUT2D eigenvalue weighted by Crippen LogP contribution is 2.27. The second-order valence-electron chi connectivity index (χ2n) is 9.56. The molecular formula is C31H30N6O2. The molecule has 8 heteroatoms. The van der Waals surface area contributed by atoms with Crippen LogP contribution in [0.2, 0.25) is 0 Å². The molecule has 8 nitrogen and oxygen atoms in total. The maximum atomic E-state index is 13.5. The van der Waals surface area contributed by atoms with Crippen molar-refractivity contribution in [3.63, 3.8) is 0 Å². The van der Waals surface area contributed by atoms with Crippen LogP contribution in [0.25, 0.3) is 16.8 Å². The maximum absolute atomic E-state index is 13.5. The van der Waals surface area contributed by atoms with Gasteiger partial charge in [0.2, 0.25) is 0 Å². The van der Waals surface area contributed by atoms with E-state index in [9.17, 15) is 4.79 Å². The molecule has 1 fully saturated rings. The average Bonchev–Trinajstić information content (AvgIpc) is 3.44. The number of hydrogen-bond acceptors (Lipinski definition) is 6. The lowest BCUT2D eigenvalue weighted by molar-refractivity contribution is 0.0988. The summed E-state index contributed by atoms with van der Waals surface area (Å²) in [7, 11) is 1.79. The summed E-state index contributed by atoms with van der Waals surface area (Å²) in [6, 6.07) is 27.7. The maximum Gasteiger partial charge on any atom is 0.276 e. The molecule has 39 heavy (non-hydrogen) atoms. The molecule has 0 unspecified atom stereocenters. The van der Waals surface area contributed by atoms with Crippen molar-refractivity contribution in [1.29, 1.82) is 0 Å². The minimum absolute atomic E-state index is 0.174. The molecule has 0 aliphatic carbocycles. The summed E-state index contributed by atoms with van der Waals surface area (Å²) >= 11 is 0. The van der Waals surface area contributed by atoms with E-state index < -0.39 is 0 Å². The van der Waals surface area contributed by atoms with Gasteiger partial charge in [-0.1, -0.05) is 48.5 Å². The molecule has 0 bridgehead atoms. The highest BCUT2D eigenvalue weighted by Gasteiger charge is 2.19. The van der Waals surface area contributed by atoms with Crippen molar-refractivity contribution in [3.05, 3.63) is 109 Å². The van der Waals surface area contributed by atoms with E-state index in [2.05, 4.69) is 27.4 Å². The zero-order valence-corrected chi connectivity index (χ0v) is 21.8. The summed E-state index contributed by atoms with van der Waals surface area (Å²) in [5, 5.41) is 7.82. The first-order valence-electron chi connectivity index (χ1n) is 13.1. The molecule has 1 aliphatic rings. The summed E-state index contributed by atoms with van der Waals surface area (Å²) < 4.78 is 7.62. The number of nitrogens with one attached hydrogen (secondary N) is 1. The molecule has 3 heterocycles. The van der Waals surface area contributed by atoms with E-state index in [1.165, 1.54) is 0 Å². The van der Waals surface area contributed by atoms with Crippen LogP contribution in [0.1, 0.15) is 16.1 Å². The largest absolute Gasteiger partial charge is 0.489 e. The lowest BCUT2D eigenvalue weighted by atomic mass is 10.1. The second kappa shape index (κ2) is 11.0. The first-order chi connectivity index (χ1) is 19.2. The molecule has 0 saturated carbocycles. The molecule has 196 valence electrons. The third-order valence-electron chi connectivity index (χ3n) is 7.01. The number of amides is 1. The van der Waals surface area contributed by atoms with Gasteiger partial charge in [0.1, 0.15) is 18.1 Å². The van der Waals surface area contributed by atoms with Gasteiger partial charge < -0.3 is 19.9 Å². The fraction of sp³-hybridized carbons (Fsp3) is 0.194. The number of fused-ring (bicyclic) bond motifs is 1. The summed E-state index contributed by atoms with van der Waals surface area (Å²) in [5.74, 6) is 0.611. The average molecular weight is 519 g/mol. The zero-order chi connectivity index (χ0) is 26.6. The Labute approximate surface area is 227 Å². The van der Waals surface area contributed by atoms with Gasteiger partial charge in [0.25, 0.3) is 5.91 Å². The Hall–Kier alpha value is -4.69. The number of rotatable bonds is 7. The van der Waals surface area contributed by atoms with Crippen molar-refractivity contribution < 1.29 is 9.53 Å². The highest BCUT2D eigenvalue weighted by atomic mass is 16.5. The molecule has 0 spiro atoms. The number of ether oxygens (including phenoxy) is 1. The number of carbonyl (C=O) groups is 1. The highest BCUT2D eigenvalue weighted by molar-refractivity contribution is 6.05. The van der Waals surface area contributed by atoms with E-state index in [0.29, 0.717) is 17.9 Å². The van der Waals surface area contributed by atoms with Gasteiger partial charge in [-0.15, -0.1) is 0 Å². The van der Waals surface area contributed by atoms with Crippen LogP contribution in [-0.4, -0.2) is 53.7 Å². The van der Waals surface area contributed by atoms with Crippen LogP contribution in [0, 0.1) is 0 Å². The van der Waals surface area contributed by atoms with Gasteiger partial charge in [0.05, 0.1) is 6.20 Å². The molecular weight excluding hydrogens is 488 g/mol. The number of benzene rings is 3. The second-order valence-corrected chi connectivity index (χ2v) is 9.56. The Bertz CT molecular complexity index is 1580. The van der Waals surface area contributed by atoms with E-state index in [4.69, 9.17) is 9.72 Å². The lowest BCUT2D eigenvalue weighted by Crippen LogP contribution is -2.43. The number of hydrogen-bond donors (Lipinski definition) is 1. The standard InChI is InChI=1S/C31H30N6O2/c1-35(25-8-5-9-26(20-25)36-18-15-32-16-19-36)31(38)29-14-17-37-30(34-29)28(21-33-37)24-10-12-27(13-11-24)39-22-23-6-3-2-4-7-23/h2-14,17,20-21,32H,15-16,18-19,22H2,1H3. The SMILES string of the molecule is CN(C(=O)c1ccn2ncc(-c3ccc(OCc4ccccc4)cc3)c2n1)c1cccc(N2CCNCC2)c1. The Balaban J connectivity index is 1.20. The van der Waals surface area contributed by atoms with Gasteiger partial charge in [-0.25, -0.2) is 9.50 Å². The van der Waals surface area contributed by atoms with E-state index >= 15 is 0 Å². The smallest absolute Gasteiger partial charge is 0.276 e. The minimum atomic E-state index is -0.174. The van der Waals surface area contributed by atoms with Gasteiger partial charge in [-0.05, 0) is 47.5 Å². The van der Waals surface area contributed by atoms with Crippen LogP contribution < -0.4 is 19.9 Å². The Morgan fingerprint density at radius 2 is 1.77 bits per heavy atom. The summed E-state index contributed by atoms with van der Waals surface area (Å²) in [6.07, 6.45) is 3.55. The topological polar surface area (TPSA) is 75.0 Å². The van der Waals surface area contributed by atoms with E-state index in [1.54, 1.807) is 34.9 Å². The quantitative estimate of drug-likeness (QED) is 0.338. The molecule has 0 atom stereocenters. The first-order valence-corrected chi connectivity index (χ1v) is 13.1. The number of piperazine rings is 1. The first kappa shape index (κ1) is 24.6. The summed E-state index contributed by atoms with van der Waals surface area (Å²) in [6.45, 7) is 4.32. The number of nitrogens with zero attached hydrogens (tertiary/aromatic N) is 5. The minimum Gasteiger partial charge on any atom is -0.489 e. The van der Waals surface area contributed by atoms with Crippen molar-refractivity contribution in [3.8, 4) is 16.9 Å². The van der Waals surface area contributed by atoms with Crippen LogP contribution in [0.3, 0.4) is 0 Å². The summed E-state index contributed by atoms with van der Waals surface area (Å²) in [4.78, 5) is 22.2. The van der Waals surface area contributed by atoms with Crippen molar-refractivity contribution >= 4 is 22.9 Å². The predicted octanol–water partition coefficient (Wildman–Crippen LogP) is 4.66. The number of anilines is 2. The van der Waals surface area contributed by atoms with Crippen LogP contribution in [-0.2, 0) is 6.61 Å². The van der Waals surface area contributed by atoms with Crippen LogP contribution in [0.15, 0.2) is 97.3 Å².